The summed E-state index contributed by atoms with van der Waals surface area (Å²) in [5, 5.41) is 14.3. The molecule has 2 N–H and O–H groups in total. The predicted octanol–water partition coefficient (Wildman–Crippen LogP) is 1.38. The van der Waals surface area contributed by atoms with E-state index >= 15 is 0 Å². The zero-order valence-corrected chi connectivity index (χ0v) is 14.7. The Morgan fingerprint density at radius 3 is 2.48 bits per heavy atom. The number of nitrogens with zero attached hydrogens (tertiary/aromatic N) is 3. The van der Waals surface area contributed by atoms with Crippen LogP contribution in [-0.4, -0.2) is 39.1 Å². The van der Waals surface area contributed by atoms with Crippen molar-refractivity contribution in [3.05, 3.63) is 17.2 Å². The van der Waals surface area contributed by atoms with Gasteiger partial charge in [0.25, 0.3) is 0 Å². The Morgan fingerprint density at radius 1 is 1.28 bits per heavy atom. The first-order valence-electron chi connectivity index (χ1n) is 8.44. The number of aromatic nitrogens is 2. The second-order valence-corrected chi connectivity index (χ2v) is 7.74. The number of fused-ring (bicyclic) bond motifs is 5. The second-order valence-electron chi connectivity index (χ2n) is 6.68. The molecule has 2 heterocycles. The molecule has 2 bridgehead atoms. The largest absolute Gasteiger partial charge is 0.322 e. The van der Waals surface area contributed by atoms with Gasteiger partial charge in [-0.3, -0.25) is 19.8 Å². The highest BCUT2D eigenvalue weighted by molar-refractivity contribution is 7.15. The number of imide groups is 1. The van der Waals surface area contributed by atoms with Gasteiger partial charge in [-0.25, -0.2) is 4.79 Å². The average Bonchev–Trinajstić information content (AvgIpc) is 3.31. The molecule has 0 spiro atoms. The Hall–Kier alpha value is -2.29. The van der Waals surface area contributed by atoms with E-state index in [4.69, 9.17) is 0 Å². The third kappa shape index (κ3) is 2.53. The first kappa shape index (κ1) is 16.2. The van der Waals surface area contributed by atoms with Crippen LogP contribution in [0.4, 0.5) is 9.93 Å². The number of amides is 4. The molecular weight excluding hydrogens is 342 g/mol. The Morgan fingerprint density at radius 2 is 1.92 bits per heavy atom. The highest BCUT2D eigenvalue weighted by atomic mass is 32.1. The fourth-order valence-electron chi connectivity index (χ4n) is 4.14. The molecule has 8 nitrogen and oxygen atoms in total. The molecule has 2 fully saturated rings. The Balaban J connectivity index is 1.41. The third-order valence-electron chi connectivity index (χ3n) is 5.22. The van der Waals surface area contributed by atoms with Crippen LogP contribution in [0.25, 0.3) is 0 Å². The van der Waals surface area contributed by atoms with Crippen LogP contribution in [0.5, 0.6) is 0 Å². The van der Waals surface area contributed by atoms with Crippen LogP contribution >= 0.6 is 11.3 Å². The molecule has 1 saturated heterocycles. The minimum absolute atomic E-state index is 0.159. The SMILES string of the molecule is CCc1nnc(NC(=O)NC(C)N2C(=O)C3C4C=CC(C4)C3C2=O)s1. The van der Waals surface area contributed by atoms with Gasteiger partial charge in [-0.2, -0.15) is 0 Å². The van der Waals surface area contributed by atoms with Crippen LogP contribution in [0, 0.1) is 23.7 Å². The number of rotatable bonds is 4. The Kier molecular flexibility index (Phi) is 3.82. The van der Waals surface area contributed by atoms with E-state index in [1.807, 2.05) is 19.1 Å². The van der Waals surface area contributed by atoms with Crippen molar-refractivity contribution < 1.29 is 14.4 Å². The van der Waals surface area contributed by atoms with E-state index in [0.29, 0.717) is 5.13 Å². The van der Waals surface area contributed by atoms with Crippen LogP contribution in [-0.2, 0) is 16.0 Å². The zero-order chi connectivity index (χ0) is 17.7. The van der Waals surface area contributed by atoms with Gasteiger partial charge >= 0.3 is 6.03 Å². The number of anilines is 1. The first-order chi connectivity index (χ1) is 12.0. The number of allylic oxidation sites excluding steroid dienone is 2. The fourth-order valence-corrected chi connectivity index (χ4v) is 4.82. The van der Waals surface area contributed by atoms with Crippen molar-refractivity contribution in [3.8, 4) is 0 Å². The van der Waals surface area contributed by atoms with Gasteiger partial charge in [-0.1, -0.05) is 30.4 Å². The normalized spacial score (nSPS) is 30.7. The maximum absolute atomic E-state index is 12.7. The van der Waals surface area contributed by atoms with Gasteiger partial charge in [0, 0.05) is 0 Å². The molecule has 5 atom stereocenters. The molecule has 1 saturated carbocycles. The van der Waals surface area contributed by atoms with Crippen molar-refractivity contribution in [2.75, 3.05) is 5.32 Å². The van der Waals surface area contributed by atoms with Crippen LogP contribution < -0.4 is 10.6 Å². The quantitative estimate of drug-likeness (QED) is 0.623. The van der Waals surface area contributed by atoms with Crippen LogP contribution in [0.15, 0.2) is 12.2 Å². The minimum atomic E-state index is -0.705. The summed E-state index contributed by atoms with van der Waals surface area (Å²) in [6.07, 6.45) is 5.02. The number of hydrogen-bond acceptors (Lipinski definition) is 6. The highest BCUT2D eigenvalue weighted by Gasteiger charge is 2.60. The summed E-state index contributed by atoms with van der Waals surface area (Å²) in [4.78, 5) is 38.7. The van der Waals surface area contributed by atoms with E-state index in [1.165, 1.54) is 16.2 Å². The molecule has 9 heteroatoms. The molecule has 5 unspecified atom stereocenters. The number of nitrogens with one attached hydrogen (secondary N) is 2. The molecular formula is C16H19N5O3S. The topological polar surface area (TPSA) is 104 Å². The molecule has 132 valence electrons. The summed E-state index contributed by atoms with van der Waals surface area (Å²) in [6.45, 7) is 3.60. The summed E-state index contributed by atoms with van der Waals surface area (Å²) < 4.78 is 0. The van der Waals surface area contributed by atoms with Gasteiger partial charge in [0.05, 0.1) is 11.8 Å². The van der Waals surface area contributed by atoms with E-state index in [9.17, 15) is 14.4 Å². The van der Waals surface area contributed by atoms with Crippen molar-refractivity contribution in [2.45, 2.75) is 32.9 Å². The van der Waals surface area contributed by atoms with Gasteiger partial charge in [-0.05, 0) is 31.6 Å². The number of hydrogen-bond donors (Lipinski definition) is 2. The third-order valence-corrected chi connectivity index (χ3v) is 6.20. The summed E-state index contributed by atoms with van der Waals surface area (Å²) in [7, 11) is 0. The standard InChI is InChI=1S/C16H19N5O3S/c1-3-10-19-20-16(25-10)18-15(24)17-7(2)21-13(22)11-8-4-5-9(6-8)12(11)14(21)23/h4-5,7-9,11-12H,3,6H2,1-2H3,(H2,17,18,20,24). The molecule has 4 amide bonds. The van der Waals surface area contributed by atoms with Crippen molar-refractivity contribution >= 4 is 34.3 Å². The van der Waals surface area contributed by atoms with E-state index in [1.54, 1.807) is 6.92 Å². The van der Waals surface area contributed by atoms with Gasteiger partial charge in [-0.15, -0.1) is 10.2 Å². The number of carbonyl (C=O) groups excluding carboxylic acids is 3. The molecule has 4 rings (SSSR count). The van der Waals surface area contributed by atoms with Crippen molar-refractivity contribution in [3.63, 3.8) is 0 Å². The van der Waals surface area contributed by atoms with Crippen LogP contribution in [0.1, 0.15) is 25.3 Å². The predicted molar refractivity (Wildman–Crippen MR) is 90.5 cm³/mol. The van der Waals surface area contributed by atoms with E-state index in [-0.39, 0.29) is 35.5 Å². The van der Waals surface area contributed by atoms with Crippen LogP contribution in [0.2, 0.25) is 0 Å². The maximum Gasteiger partial charge on any atom is 0.322 e. The van der Waals surface area contributed by atoms with Gasteiger partial charge < -0.3 is 5.32 Å². The molecule has 1 aromatic rings. The monoisotopic (exact) mass is 361 g/mol. The number of aryl methyl sites for hydroxylation is 1. The number of likely N-dealkylation sites (tertiary alicyclic amines) is 1. The average molecular weight is 361 g/mol. The highest BCUT2D eigenvalue weighted by Crippen LogP contribution is 2.52. The fraction of sp³-hybridized carbons (Fsp3) is 0.562. The first-order valence-corrected chi connectivity index (χ1v) is 9.26. The second kappa shape index (κ2) is 5.91. The Bertz CT molecular complexity index is 746. The number of carbonyl (C=O) groups is 3. The molecule has 0 radical (unpaired) electrons. The summed E-state index contributed by atoms with van der Waals surface area (Å²) in [5.74, 6) is -0.555. The van der Waals surface area contributed by atoms with Gasteiger partial charge in [0.15, 0.2) is 0 Å². The van der Waals surface area contributed by atoms with Gasteiger partial charge in [0.2, 0.25) is 16.9 Å². The van der Waals surface area contributed by atoms with Crippen molar-refractivity contribution in [1.82, 2.24) is 20.4 Å². The summed E-state index contributed by atoms with van der Waals surface area (Å²) in [6, 6.07) is -0.509. The lowest BCUT2D eigenvalue weighted by atomic mass is 9.85. The van der Waals surface area contributed by atoms with Crippen molar-refractivity contribution in [1.29, 1.82) is 0 Å². The van der Waals surface area contributed by atoms with Crippen LogP contribution in [0.3, 0.4) is 0 Å². The molecule has 25 heavy (non-hydrogen) atoms. The maximum atomic E-state index is 12.7. The molecule has 1 aromatic heterocycles. The van der Waals surface area contributed by atoms with Gasteiger partial charge in [0.1, 0.15) is 11.2 Å². The molecule has 1 aliphatic heterocycles. The van der Waals surface area contributed by atoms with Crippen molar-refractivity contribution in [2.24, 2.45) is 23.7 Å². The lowest BCUT2D eigenvalue weighted by molar-refractivity contribution is -0.143. The minimum Gasteiger partial charge on any atom is -0.317 e. The molecule has 2 aliphatic carbocycles. The Labute approximate surface area is 148 Å². The summed E-state index contributed by atoms with van der Waals surface area (Å²) in [5.41, 5.74) is 0. The molecule has 3 aliphatic rings. The van der Waals surface area contributed by atoms with E-state index < -0.39 is 12.2 Å². The lowest BCUT2D eigenvalue weighted by Gasteiger charge is -2.25. The van der Waals surface area contributed by atoms with E-state index in [2.05, 4.69) is 20.8 Å². The van der Waals surface area contributed by atoms with E-state index in [0.717, 1.165) is 17.8 Å². The zero-order valence-electron chi connectivity index (χ0n) is 13.9. The lowest BCUT2D eigenvalue weighted by Crippen LogP contribution is -2.51. The molecule has 0 aromatic carbocycles. The number of urea groups is 1. The smallest absolute Gasteiger partial charge is 0.317 e. The summed E-state index contributed by atoms with van der Waals surface area (Å²) >= 11 is 1.29.